The molecule has 0 unspecified atom stereocenters. The van der Waals surface area contributed by atoms with E-state index in [-0.39, 0.29) is 11.9 Å². The van der Waals surface area contributed by atoms with Crippen LogP contribution in [0.25, 0.3) is 22.5 Å². The van der Waals surface area contributed by atoms with Crippen molar-refractivity contribution in [2.24, 2.45) is 0 Å². The second-order valence-electron chi connectivity index (χ2n) is 5.64. The van der Waals surface area contributed by atoms with Gasteiger partial charge < -0.3 is 19.1 Å². The van der Waals surface area contributed by atoms with Gasteiger partial charge in [0.25, 0.3) is 0 Å². The lowest BCUT2D eigenvalue weighted by Gasteiger charge is -2.11. The third kappa shape index (κ3) is 3.20. The molecule has 0 spiro atoms. The lowest BCUT2D eigenvalue weighted by atomic mass is 10.0. The molecule has 0 atom stereocenters. The average Bonchev–Trinajstić information content (AvgIpc) is 3.04. The zero-order chi connectivity index (χ0) is 17.1. The van der Waals surface area contributed by atoms with Crippen molar-refractivity contribution in [3.63, 3.8) is 0 Å². The smallest absolute Gasteiger partial charge is 0.178 e. The molecule has 0 aliphatic carbocycles. The fourth-order valence-corrected chi connectivity index (χ4v) is 2.46. The van der Waals surface area contributed by atoms with E-state index in [1.165, 1.54) is 0 Å². The lowest BCUT2D eigenvalue weighted by molar-refractivity contribution is 0.241. The predicted molar refractivity (Wildman–Crippen MR) is 91.4 cm³/mol. The maximum atomic E-state index is 10.3. The Labute approximate surface area is 140 Å². The molecule has 0 bridgehead atoms. The summed E-state index contributed by atoms with van der Waals surface area (Å²) < 4.78 is 16.1. The van der Waals surface area contributed by atoms with Crippen molar-refractivity contribution in [1.82, 2.24) is 5.16 Å². The van der Waals surface area contributed by atoms with Crippen molar-refractivity contribution >= 4 is 0 Å². The standard InChI is InChI=1S/C19H19NO4/c1-12(2)23-15-8-9-16(18(21)10-15)19-17(11-20-24-19)13-4-6-14(22-3)7-5-13/h4-12,21H,1-3H3. The molecule has 1 heterocycles. The Hall–Kier alpha value is -2.95. The summed E-state index contributed by atoms with van der Waals surface area (Å²) in [7, 11) is 1.62. The molecule has 3 rings (SSSR count). The summed E-state index contributed by atoms with van der Waals surface area (Å²) in [4.78, 5) is 0. The number of ether oxygens (including phenoxy) is 2. The maximum absolute atomic E-state index is 10.3. The molecule has 5 heteroatoms. The summed E-state index contributed by atoms with van der Waals surface area (Å²) in [5, 5.41) is 14.2. The number of hydrogen-bond donors (Lipinski definition) is 1. The first-order valence-electron chi connectivity index (χ1n) is 7.67. The average molecular weight is 325 g/mol. The monoisotopic (exact) mass is 325 g/mol. The van der Waals surface area contributed by atoms with Crippen molar-refractivity contribution in [3.05, 3.63) is 48.7 Å². The SMILES string of the molecule is COc1ccc(-c2cnoc2-c2ccc(OC(C)C)cc2O)cc1. The van der Waals surface area contributed by atoms with Crippen LogP contribution in [-0.2, 0) is 0 Å². The molecule has 0 fully saturated rings. The van der Waals surface area contributed by atoms with Crippen LogP contribution < -0.4 is 9.47 Å². The second kappa shape index (κ2) is 6.66. The number of benzene rings is 2. The number of aromatic hydroxyl groups is 1. The van der Waals surface area contributed by atoms with Crippen LogP contribution in [0.3, 0.4) is 0 Å². The Kier molecular flexibility index (Phi) is 4.42. The lowest BCUT2D eigenvalue weighted by Crippen LogP contribution is -2.05. The summed E-state index contributed by atoms with van der Waals surface area (Å²) >= 11 is 0. The Bertz CT molecular complexity index is 822. The first-order chi connectivity index (χ1) is 11.6. The number of phenols is 1. The van der Waals surface area contributed by atoms with E-state index in [4.69, 9.17) is 14.0 Å². The first kappa shape index (κ1) is 15.9. The minimum Gasteiger partial charge on any atom is -0.507 e. The van der Waals surface area contributed by atoms with Gasteiger partial charge in [-0.25, -0.2) is 0 Å². The molecule has 0 saturated carbocycles. The Morgan fingerprint density at radius 2 is 1.71 bits per heavy atom. The van der Waals surface area contributed by atoms with Crippen LogP contribution in [0.4, 0.5) is 0 Å². The van der Waals surface area contributed by atoms with Crippen LogP contribution in [0.5, 0.6) is 17.2 Å². The molecule has 3 aromatic rings. The molecule has 0 amide bonds. The molecule has 124 valence electrons. The van der Waals surface area contributed by atoms with Crippen molar-refractivity contribution in [2.45, 2.75) is 20.0 Å². The predicted octanol–water partition coefficient (Wildman–Crippen LogP) is 4.51. The van der Waals surface area contributed by atoms with Gasteiger partial charge in [0, 0.05) is 11.6 Å². The third-order valence-corrected chi connectivity index (χ3v) is 3.56. The molecule has 0 aliphatic heterocycles. The van der Waals surface area contributed by atoms with Gasteiger partial charge in [0.05, 0.1) is 25.0 Å². The summed E-state index contributed by atoms with van der Waals surface area (Å²) in [6, 6.07) is 12.7. The van der Waals surface area contributed by atoms with Gasteiger partial charge in [0.2, 0.25) is 0 Å². The van der Waals surface area contributed by atoms with Crippen LogP contribution in [0.2, 0.25) is 0 Å². The fourth-order valence-electron chi connectivity index (χ4n) is 2.46. The zero-order valence-electron chi connectivity index (χ0n) is 13.8. The van der Waals surface area contributed by atoms with Crippen molar-refractivity contribution in [1.29, 1.82) is 0 Å². The number of methoxy groups -OCH3 is 1. The molecule has 0 aliphatic rings. The molecular weight excluding hydrogens is 306 g/mol. The van der Waals surface area contributed by atoms with Gasteiger partial charge in [-0.05, 0) is 43.7 Å². The summed E-state index contributed by atoms with van der Waals surface area (Å²) in [5.74, 6) is 1.97. The summed E-state index contributed by atoms with van der Waals surface area (Å²) in [6.45, 7) is 3.87. The highest BCUT2D eigenvalue weighted by atomic mass is 16.5. The molecule has 24 heavy (non-hydrogen) atoms. The van der Waals surface area contributed by atoms with Gasteiger partial charge in [-0.3, -0.25) is 0 Å². The highest BCUT2D eigenvalue weighted by Gasteiger charge is 2.17. The van der Waals surface area contributed by atoms with Crippen LogP contribution in [0, 0.1) is 0 Å². The highest BCUT2D eigenvalue weighted by molar-refractivity contribution is 5.82. The van der Waals surface area contributed by atoms with Crippen LogP contribution in [-0.4, -0.2) is 23.5 Å². The number of rotatable bonds is 5. The Morgan fingerprint density at radius 1 is 1.00 bits per heavy atom. The number of hydrogen-bond acceptors (Lipinski definition) is 5. The highest BCUT2D eigenvalue weighted by Crippen LogP contribution is 2.38. The maximum Gasteiger partial charge on any atom is 0.178 e. The van der Waals surface area contributed by atoms with Crippen molar-refractivity contribution in [2.75, 3.05) is 7.11 Å². The van der Waals surface area contributed by atoms with Crippen LogP contribution >= 0.6 is 0 Å². The van der Waals surface area contributed by atoms with Crippen LogP contribution in [0.15, 0.2) is 53.2 Å². The van der Waals surface area contributed by atoms with Crippen molar-refractivity contribution < 1.29 is 19.1 Å². The van der Waals surface area contributed by atoms with Gasteiger partial charge in [0.1, 0.15) is 17.2 Å². The van der Waals surface area contributed by atoms with Gasteiger partial charge in [-0.15, -0.1) is 0 Å². The molecule has 0 radical (unpaired) electrons. The quantitative estimate of drug-likeness (QED) is 0.747. The first-order valence-corrected chi connectivity index (χ1v) is 7.67. The van der Waals surface area contributed by atoms with E-state index >= 15 is 0 Å². The molecule has 2 aromatic carbocycles. The summed E-state index contributed by atoms with van der Waals surface area (Å²) in [6.07, 6.45) is 1.67. The largest absolute Gasteiger partial charge is 0.507 e. The number of aromatic nitrogens is 1. The molecule has 0 saturated heterocycles. The zero-order valence-corrected chi connectivity index (χ0v) is 13.8. The Morgan fingerprint density at radius 3 is 2.33 bits per heavy atom. The minimum absolute atomic E-state index is 0.0374. The number of nitrogens with zero attached hydrogens (tertiary/aromatic N) is 1. The second-order valence-corrected chi connectivity index (χ2v) is 5.64. The van der Waals surface area contributed by atoms with E-state index in [0.29, 0.717) is 17.1 Å². The van der Waals surface area contributed by atoms with Crippen molar-refractivity contribution in [3.8, 4) is 39.7 Å². The van der Waals surface area contributed by atoms with E-state index in [2.05, 4.69) is 5.16 Å². The topological polar surface area (TPSA) is 64.7 Å². The minimum atomic E-state index is 0.0374. The molecule has 1 aromatic heterocycles. The van der Waals surface area contributed by atoms with Gasteiger partial charge >= 0.3 is 0 Å². The molecular formula is C19H19NO4. The van der Waals surface area contributed by atoms with Crippen LogP contribution in [0.1, 0.15) is 13.8 Å². The molecule has 1 N–H and O–H groups in total. The number of phenolic OH excluding ortho intramolecular Hbond substituents is 1. The summed E-state index contributed by atoms with van der Waals surface area (Å²) in [5.41, 5.74) is 2.29. The molecule has 5 nitrogen and oxygen atoms in total. The normalized spacial score (nSPS) is 10.8. The van der Waals surface area contributed by atoms with E-state index in [1.807, 2.05) is 38.1 Å². The van der Waals surface area contributed by atoms with E-state index < -0.39 is 0 Å². The van der Waals surface area contributed by atoms with E-state index in [1.54, 1.807) is 31.5 Å². The van der Waals surface area contributed by atoms with Gasteiger partial charge in [-0.2, -0.15) is 0 Å². The van der Waals surface area contributed by atoms with Gasteiger partial charge in [-0.1, -0.05) is 17.3 Å². The van der Waals surface area contributed by atoms with Gasteiger partial charge in [0.15, 0.2) is 5.76 Å². The fraction of sp³-hybridized carbons (Fsp3) is 0.211. The van der Waals surface area contributed by atoms with E-state index in [9.17, 15) is 5.11 Å². The third-order valence-electron chi connectivity index (χ3n) is 3.56. The Balaban J connectivity index is 1.97. The van der Waals surface area contributed by atoms with E-state index in [0.717, 1.165) is 16.9 Å².